The van der Waals surface area contributed by atoms with Gasteiger partial charge in [-0.05, 0) is 29.8 Å². The zero-order valence-corrected chi connectivity index (χ0v) is 12.3. The molecule has 0 aromatic heterocycles. The van der Waals surface area contributed by atoms with Gasteiger partial charge in [-0.25, -0.2) is 0 Å². The van der Waals surface area contributed by atoms with E-state index in [2.05, 4.69) is 5.73 Å². The lowest BCUT2D eigenvalue weighted by atomic mass is 10.2. The highest BCUT2D eigenvalue weighted by Crippen LogP contribution is 2.16. The first-order chi connectivity index (χ1) is 9.97. The van der Waals surface area contributed by atoms with Crippen LogP contribution in [0.2, 0.25) is 5.02 Å². The quantitative estimate of drug-likeness (QED) is 0.700. The number of rotatable bonds is 3. The molecule has 0 aliphatic heterocycles. The Hall–Kier alpha value is -2.33. The van der Waals surface area contributed by atoms with Gasteiger partial charge in [-0.1, -0.05) is 41.9 Å². The predicted octanol–water partition coefficient (Wildman–Crippen LogP) is 2.98. The number of carbonyl (C=O) groups is 2. The Kier molecular flexibility index (Phi) is 6.98. The second kappa shape index (κ2) is 8.76. The Balaban J connectivity index is 0.000000491. The molecular weight excluding hydrogens is 290 g/mol. The van der Waals surface area contributed by atoms with E-state index in [1.165, 1.54) is 6.92 Å². The number of carbonyl (C=O) groups excluding carboxylic acids is 2. The largest absolute Gasteiger partial charge is 0.426 e. The van der Waals surface area contributed by atoms with Gasteiger partial charge in [0.25, 0.3) is 0 Å². The Morgan fingerprint density at radius 1 is 1.05 bits per heavy atom. The van der Waals surface area contributed by atoms with Crippen molar-refractivity contribution < 1.29 is 14.3 Å². The van der Waals surface area contributed by atoms with Crippen molar-refractivity contribution in [2.24, 2.45) is 5.73 Å². The van der Waals surface area contributed by atoms with Crippen LogP contribution in [0.4, 0.5) is 0 Å². The number of halogens is 1. The smallest absolute Gasteiger partial charge is 0.315 e. The summed E-state index contributed by atoms with van der Waals surface area (Å²) in [6.45, 7) is 1.31. The molecule has 1 amide bonds. The first-order valence-electron chi connectivity index (χ1n) is 6.23. The van der Waals surface area contributed by atoms with Gasteiger partial charge in [0, 0.05) is 11.9 Å². The minimum Gasteiger partial charge on any atom is -0.426 e. The van der Waals surface area contributed by atoms with Gasteiger partial charge in [-0.15, -0.1) is 0 Å². The molecule has 0 bridgehead atoms. The zero-order chi connectivity index (χ0) is 15.7. The summed E-state index contributed by atoms with van der Waals surface area (Å²) >= 11 is 5.74. The maximum Gasteiger partial charge on any atom is 0.315 e. The summed E-state index contributed by atoms with van der Waals surface area (Å²) in [4.78, 5) is 20.8. The molecular formula is C16H16ClNO3. The second-order valence-corrected chi connectivity index (χ2v) is 4.64. The van der Waals surface area contributed by atoms with Crippen LogP contribution in [0.15, 0.2) is 54.6 Å². The number of hydrogen-bond acceptors (Lipinski definition) is 3. The highest BCUT2D eigenvalue weighted by Gasteiger charge is 2.05. The molecule has 0 heterocycles. The minimum atomic E-state index is -0.333. The van der Waals surface area contributed by atoms with E-state index in [1.807, 2.05) is 30.3 Å². The minimum absolute atomic E-state index is 0.267. The molecule has 0 saturated carbocycles. The Morgan fingerprint density at radius 3 is 2.10 bits per heavy atom. The van der Waals surface area contributed by atoms with Crippen LogP contribution < -0.4 is 10.5 Å². The van der Waals surface area contributed by atoms with Crippen LogP contribution in [-0.2, 0) is 16.0 Å². The van der Waals surface area contributed by atoms with Crippen LogP contribution >= 0.6 is 11.6 Å². The van der Waals surface area contributed by atoms with Gasteiger partial charge in [0.2, 0.25) is 5.91 Å². The van der Waals surface area contributed by atoms with Gasteiger partial charge in [0.05, 0.1) is 6.42 Å². The van der Waals surface area contributed by atoms with Crippen molar-refractivity contribution in [1.29, 1.82) is 0 Å². The first-order valence-corrected chi connectivity index (χ1v) is 6.61. The first kappa shape index (κ1) is 16.7. The van der Waals surface area contributed by atoms with E-state index in [-0.39, 0.29) is 18.3 Å². The van der Waals surface area contributed by atoms with E-state index in [4.69, 9.17) is 16.3 Å². The number of nitrogens with two attached hydrogens (primary N) is 1. The van der Waals surface area contributed by atoms with Crippen molar-refractivity contribution in [3.63, 3.8) is 0 Å². The molecule has 0 atom stereocenters. The van der Waals surface area contributed by atoms with Crippen molar-refractivity contribution in [2.45, 2.75) is 13.3 Å². The number of amides is 1. The van der Waals surface area contributed by atoms with Crippen LogP contribution in [0.1, 0.15) is 12.5 Å². The molecule has 2 aromatic carbocycles. The number of esters is 1. The predicted molar refractivity (Wildman–Crippen MR) is 82.1 cm³/mol. The van der Waals surface area contributed by atoms with Crippen molar-refractivity contribution in [2.75, 3.05) is 0 Å². The van der Waals surface area contributed by atoms with Crippen LogP contribution in [0.5, 0.6) is 5.75 Å². The zero-order valence-electron chi connectivity index (χ0n) is 11.6. The van der Waals surface area contributed by atoms with Gasteiger partial charge in [0.1, 0.15) is 5.75 Å². The monoisotopic (exact) mass is 305 g/mol. The molecule has 2 rings (SSSR count). The Bertz CT molecular complexity index is 578. The maximum absolute atomic E-state index is 11.6. The fourth-order valence-corrected chi connectivity index (χ4v) is 1.56. The van der Waals surface area contributed by atoms with E-state index >= 15 is 0 Å². The molecule has 5 heteroatoms. The van der Waals surface area contributed by atoms with Crippen LogP contribution in [-0.4, -0.2) is 11.9 Å². The molecule has 21 heavy (non-hydrogen) atoms. The summed E-state index contributed by atoms with van der Waals surface area (Å²) in [7, 11) is 0. The van der Waals surface area contributed by atoms with E-state index in [0.29, 0.717) is 10.8 Å². The van der Waals surface area contributed by atoms with Crippen LogP contribution in [0, 0.1) is 0 Å². The van der Waals surface area contributed by atoms with Gasteiger partial charge >= 0.3 is 5.97 Å². The molecule has 0 aliphatic rings. The molecule has 0 radical (unpaired) electrons. The Labute approximate surface area is 128 Å². The molecule has 0 spiro atoms. The highest BCUT2D eigenvalue weighted by molar-refractivity contribution is 6.30. The lowest BCUT2D eigenvalue weighted by Gasteiger charge is -2.04. The SMILES string of the molecule is CC(N)=O.O=C(Cc1ccccc1)Oc1ccc(Cl)cc1. The standard InChI is InChI=1S/C14H11ClO2.C2H5NO/c15-12-6-8-13(9-7-12)17-14(16)10-11-4-2-1-3-5-11;1-2(3)4/h1-9H,10H2;1H3,(H2,3,4). The van der Waals surface area contributed by atoms with Gasteiger partial charge in [-0.3, -0.25) is 9.59 Å². The van der Waals surface area contributed by atoms with Crippen LogP contribution in [0.25, 0.3) is 0 Å². The maximum atomic E-state index is 11.6. The van der Waals surface area contributed by atoms with Gasteiger partial charge in [-0.2, -0.15) is 0 Å². The summed E-state index contributed by atoms with van der Waals surface area (Å²) in [5.74, 6) is -0.103. The second-order valence-electron chi connectivity index (χ2n) is 4.20. The Morgan fingerprint density at radius 2 is 1.57 bits per heavy atom. The highest BCUT2D eigenvalue weighted by atomic mass is 35.5. The fourth-order valence-electron chi connectivity index (χ4n) is 1.43. The van der Waals surface area contributed by atoms with Crippen molar-refractivity contribution in [3.05, 3.63) is 65.2 Å². The van der Waals surface area contributed by atoms with Gasteiger partial charge < -0.3 is 10.5 Å². The normalized spacial score (nSPS) is 9.24. The number of primary amides is 1. The summed E-state index contributed by atoms with van der Waals surface area (Å²) in [6.07, 6.45) is 0.267. The summed E-state index contributed by atoms with van der Waals surface area (Å²) in [5, 5.41) is 0.618. The van der Waals surface area contributed by atoms with Crippen LogP contribution in [0.3, 0.4) is 0 Å². The average Bonchev–Trinajstić information content (AvgIpc) is 2.42. The summed E-state index contributed by atoms with van der Waals surface area (Å²) < 4.78 is 5.18. The molecule has 2 N–H and O–H groups in total. The fraction of sp³-hybridized carbons (Fsp3) is 0.125. The molecule has 0 fully saturated rings. The molecule has 0 saturated heterocycles. The summed E-state index contributed by atoms with van der Waals surface area (Å²) in [5.41, 5.74) is 5.41. The topological polar surface area (TPSA) is 69.4 Å². The van der Waals surface area contributed by atoms with Gasteiger partial charge in [0.15, 0.2) is 0 Å². The summed E-state index contributed by atoms with van der Waals surface area (Å²) in [6, 6.07) is 16.2. The third kappa shape index (κ3) is 7.74. The third-order valence-electron chi connectivity index (χ3n) is 2.24. The number of hydrogen-bond donors (Lipinski definition) is 1. The lowest BCUT2D eigenvalue weighted by molar-refractivity contribution is -0.133. The lowest BCUT2D eigenvalue weighted by Crippen LogP contribution is -2.10. The molecule has 110 valence electrons. The number of ether oxygens (including phenoxy) is 1. The average molecular weight is 306 g/mol. The van der Waals surface area contributed by atoms with Crippen molar-refractivity contribution in [3.8, 4) is 5.75 Å². The van der Waals surface area contributed by atoms with Crippen molar-refractivity contribution in [1.82, 2.24) is 0 Å². The van der Waals surface area contributed by atoms with E-state index in [9.17, 15) is 9.59 Å². The molecule has 0 unspecified atom stereocenters. The third-order valence-corrected chi connectivity index (χ3v) is 2.49. The van der Waals surface area contributed by atoms with E-state index in [0.717, 1.165) is 5.56 Å². The molecule has 2 aromatic rings. The van der Waals surface area contributed by atoms with E-state index in [1.54, 1.807) is 24.3 Å². The molecule has 0 aliphatic carbocycles. The van der Waals surface area contributed by atoms with Crippen molar-refractivity contribution >= 4 is 23.5 Å². The number of benzene rings is 2. The molecule has 4 nitrogen and oxygen atoms in total. The van der Waals surface area contributed by atoms with E-state index < -0.39 is 0 Å².